The average molecular weight is 288 g/mol. The molecule has 1 atom stereocenters. The summed E-state index contributed by atoms with van der Waals surface area (Å²) in [6.45, 7) is 4.63. The van der Waals surface area contributed by atoms with Crippen molar-refractivity contribution in [1.29, 1.82) is 0 Å². The number of hydrogen-bond acceptors (Lipinski definition) is 4. The highest BCUT2D eigenvalue weighted by Gasteiger charge is 2.25. The van der Waals surface area contributed by atoms with E-state index in [2.05, 4.69) is 4.98 Å². The predicted octanol–water partition coefficient (Wildman–Crippen LogP) is 2.84. The van der Waals surface area contributed by atoms with Gasteiger partial charge in [0.2, 0.25) is 0 Å². The number of carbonyl (C=O) groups excluding carboxylic acids is 1. The molecule has 0 spiro atoms. The Balaban J connectivity index is 1.97. The minimum absolute atomic E-state index is 0.0238. The van der Waals surface area contributed by atoms with Gasteiger partial charge in [-0.15, -0.1) is 0 Å². The van der Waals surface area contributed by atoms with E-state index in [1.807, 2.05) is 42.7 Å². The molecule has 1 saturated heterocycles. The molecule has 2 aromatic rings. The summed E-state index contributed by atoms with van der Waals surface area (Å²) in [5.41, 5.74) is 1.84. The Morgan fingerprint density at radius 3 is 3.00 bits per heavy atom. The van der Waals surface area contributed by atoms with E-state index in [-0.39, 0.29) is 24.7 Å². The normalized spacial score (nSPS) is 18.5. The topological polar surface area (TPSA) is 53.4 Å². The smallest absolute Gasteiger partial charge is 0.326 e. The lowest BCUT2D eigenvalue weighted by atomic mass is 10.2. The zero-order valence-electron chi connectivity index (χ0n) is 12.4. The lowest BCUT2D eigenvalue weighted by Crippen LogP contribution is -2.20. The molecule has 3 rings (SSSR count). The van der Waals surface area contributed by atoms with Crippen molar-refractivity contribution < 1.29 is 14.3 Å². The van der Waals surface area contributed by atoms with Crippen molar-refractivity contribution in [2.75, 3.05) is 6.61 Å². The molecule has 0 bridgehead atoms. The molecule has 0 amide bonds. The monoisotopic (exact) mass is 288 g/mol. The van der Waals surface area contributed by atoms with Gasteiger partial charge in [0.05, 0.1) is 17.1 Å². The minimum atomic E-state index is -0.243. The Hall–Kier alpha value is -1.88. The first kappa shape index (κ1) is 14.1. The van der Waals surface area contributed by atoms with Crippen molar-refractivity contribution >= 4 is 17.0 Å². The number of fused-ring (bicyclic) bond motifs is 1. The first-order chi connectivity index (χ1) is 10.1. The quantitative estimate of drug-likeness (QED) is 0.812. The zero-order valence-corrected chi connectivity index (χ0v) is 12.4. The van der Waals surface area contributed by atoms with Crippen molar-refractivity contribution in [3.05, 3.63) is 30.1 Å². The maximum absolute atomic E-state index is 12.0. The summed E-state index contributed by atoms with van der Waals surface area (Å²) in [7, 11) is 0. The van der Waals surface area contributed by atoms with Gasteiger partial charge in [-0.2, -0.15) is 0 Å². The maximum Gasteiger partial charge on any atom is 0.326 e. The van der Waals surface area contributed by atoms with Gasteiger partial charge >= 0.3 is 5.97 Å². The SMILES string of the molecule is CC(C)OC(=O)Cn1c(C2CCCO2)nc2ccccc21. The molecule has 0 saturated carbocycles. The number of hydrogen-bond donors (Lipinski definition) is 0. The predicted molar refractivity (Wildman–Crippen MR) is 78.9 cm³/mol. The number of ether oxygens (including phenoxy) is 2. The number of nitrogens with zero attached hydrogens (tertiary/aromatic N) is 2. The Morgan fingerprint density at radius 2 is 2.29 bits per heavy atom. The third-order valence-electron chi connectivity index (χ3n) is 3.56. The standard InChI is InChI=1S/C16H20N2O3/c1-11(2)21-15(19)10-18-13-7-4-3-6-12(13)17-16(18)14-8-5-9-20-14/h3-4,6-7,11,14H,5,8-10H2,1-2H3. The summed E-state index contributed by atoms with van der Waals surface area (Å²) in [6.07, 6.45) is 1.84. The van der Waals surface area contributed by atoms with E-state index in [4.69, 9.17) is 9.47 Å². The highest BCUT2D eigenvalue weighted by Crippen LogP contribution is 2.30. The molecule has 0 N–H and O–H groups in total. The van der Waals surface area contributed by atoms with Gasteiger partial charge in [-0.3, -0.25) is 4.79 Å². The van der Waals surface area contributed by atoms with Crippen LogP contribution in [-0.4, -0.2) is 28.2 Å². The van der Waals surface area contributed by atoms with Crippen LogP contribution in [0.4, 0.5) is 0 Å². The molecule has 1 aliphatic rings. The van der Waals surface area contributed by atoms with Crippen LogP contribution in [0.25, 0.3) is 11.0 Å². The van der Waals surface area contributed by atoms with Gasteiger partial charge in [0.15, 0.2) is 0 Å². The molecule has 1 fully saturated rings. The number of carbonyl (C=O) groups is 1. The Labute approximate surface area is 123 Å². The molecule has 2 heterocycles. The van der Waals surface area contributed by atoms with Gasteiger partial charge in [0.1, 0.15) is 18.5 Å². The highest BCUT2D eigenvalue weighted by atomic mass is 16.5. The number of rotatable bonds is 4. The van der Waals surface area contributed by atoms with E-state index in [9.17, 15) is 4.79 Å². The summed E-state index contributed by atoms with van der Waals surface area (Å²) < 4.78 is 12.9. The molecular weight excluding hydrogens is 268 g/mol. The van der Waals surface area contributed by atoms with Crippen molar-refractivity contribution in [1.82, 2.24) is 9.55 Å². The fourth-order valence-corrected chi connectivity index (χ4v) is 2.72. The molecule has 21 heavy (non-hydrogen) atoms. The zero-order chi connectivity index (χ0) is 14.8. The van der Waals surface area contributed by atoms with Crippen molar-refractivity contribution in [3.8, 4) is 0 Å². The minimum Gasteiger partial charge on any atom is -0.462 e. The van der Waals surface area contributed by atoms with Crippen LogP contribution in [0.2, 0.25) is 0 Å². The second-order valence-electron chi connectivity index (χ2n) is 5.59. The number of para-hydroxylation sites is 2. The van der Waals surface area contributed by atoms with Crippen LogP contribution in [0.1, 0.15) is 38.6 Å². The molecule has 1 aromatic heterocycles. The number of esters is 1. The van der Waals surface area contributed by atoms with E-state index < -0.39 is 0 Å². The number of aromatic nitrogens is 2. The van der Waals surface area contributed by atoms with E-state index in [0.29, 0.717) is 0 Å². The molecule has 5 nitrogen and oxygen atoms in total. The van der Waals surface area contributed by atoms with Crippen LogP contribution in [0.5, 0.6) is 0 Å². The highest BCUT2D eigenvalue weighted by molar-refractivity contribution is 5.79. The molecule has 1 unspecified atom stereocenters. The van der Waals surface area contributed by atoms with Gasteiger partial charge in [-0.1, -0.05) is 12.1 Å². The lowest BCUT2D eigenvalue weighted by Gasteiger charge is -2.14. The van der Waals surface area contributed by atoms with Crippen LogP contribution in [0.15, 0.2) is 24.3 Å². The average Bonchev–Trinajstić information content (AvgIpc) is 3.06. The van der Waals surface area contributed by atoms with Crippen LogP contribution in [-0.2, 0) is 20.8 Å². The van der Waals surface area contributed by atoms with Crippen LogP contribution < -0.4 is 0 Å². The Kier molecular flexibility index (Phi) is 3.92. The van der Waals surface area contributed by atoms with Gasteiger partial charge in [0.25, 0.3) is 0 Å². The van der Waals surface area contributed by atoms with Crippen LogP contribution in [0.3, 0.4) is 0 Å². The molecule has 1 aromatic carbocycles. The second kappa shape index (κ2) is 5.85. The second-order valence-corrected chi connectivity index (χ2v) is 5.59. The molecule has 112 valence electrons. The van der Waals surface area contributed by atoms with Gasteiger partial charge in [0, 0.05) is 6.61 Å². The molecule has 1 aliphatic heterocycles. The summed E-state index contributed by atoms with van der Waals surface area (Å²) in [5.74, 6) is 0.585. The van der Waals surface area contributed by atoms with Gasteiger partial charge in [-0.05, 0) is 38.8 Å². The summed E-state index contributed by atoms with van der Waals surface area (Å²) >= 11 is 0. The molecule has 0 radical (unpaired) electrons. The largest absolute Gasteiger partial charge is 0.462 e. The number of benzene rings is 1. The molecule has 5 heteroatoms. The molecular formula is C16H20N2O3. The van der Waals surface area contributed by atoms with Crippen LogP contribution in [0, 0.1) is 0 Å². The van der Waals surface area contributed by atoms with Gasteiger partial charge < -0.3 is 14.0 Å². The summed E-state index contributed by atoms with van der Waals surface area (Å²) in [4.78, 5) is 16.7. The number of imidazole rings is 1. The third-order valence-corrected chi connectivity index (χ3v) is 3.56. The Bertz CT molecular complexity index is 642. The lowest BCUT2D eigenvalue weighted by molar-refractivity contribution is -0.148. The van der Waals surface area contributed by atoms with Crippen molar-refractivity contribution in [2.45, 2.75) is 45.4 Å². The summed E-state index contributed by atoms with van der Waals surface area (Å²) in [5, 5.41) is 0. The molecule has 0 aliphatic carbocycles. The van der Waals surface area contributed by atoms with E-state index in [0.717, 1.165) is 36.3 Å². The van der Waals surface area contributed by atoms with E-state index in [1.54, 1.807) is 0 Å². The van der Waals surface area contributed by atoms with Gasteiger partial charge in [-0.25, -0.2) is 4.98 Å². The van der Waals surface area contributed by atoms with Crippen LogP contribution >= 0.6 is 0 Å². The van der Waals surface area contributed by atoms with Crippen molar-refractivity contribution in [2.24, 2.45) is 0 Å². The summed E-state index contributed by atoms with van der Waals surface area (Å²) in [6, 6.07) is 7.83. The maximum atomic E-state index is 12.0. The van der Waals surface area contributed by atoms with E-state index >= 15 is 0 Å². The fourth-order valence-electron chi connectivity index (χ4n) is 2.72. The first-order valence-corrected chi connectivity index (χ1v) is 7.41. The van der Waals surface area contributed by atoms with Crippen molar-refractivity contribution in [3.63, 3.8) is 0 Å². The first-order valence-electron chi connectivity index (χ1n) is 7.41. The fraction of sp³-hybridized carbons (Fsp3) is 0.500. The van der Waals surface area contributed by atoms with E-state index in [1.165, 1.54) is 0 Å². The third kappa shape index (κ3) is 2.93. The Morgan fingerprint density at radius 1 is 1.48 bits per heavy atom.